The maximum absolute atomic E-state index is 12.8. The van der Waals surface area contributed by atoms with Gasteiger partial charge >= 0.3 is 0 Å². The molecule has 0 aliphatic carbocycles. The minimum atomic E-state index is -0.342. The number of hydrogen-bond donors (Lipinski definition) is 2. The first-order chi connectivity index (χ1) is 10.9. The molecule has 1 fully saturated rings. The van der Waals surface area contributed by atoms with Crippen molar-refractivity contribution < 1.29 is 9.90 Å². The molecule has 1 aliphatic heterocycles. The van der Waals surface area contributed by atoms with E-state index in [1.165, 1.54) is 0 Å². The normalized spacial score (nSPS) is 21.5. The van der Waals surface area contributed by atoms with Gasteiger partial charge in [-0.1, -0.05) is 37.3 Å². The van der Waals surface area contributed by atoms with E-state index in [-0.39, 0.29) is 54.8 Å². The molecule has 5 nitrogen and oxygen atoms in total. The molecule has 4 unspecified atom stereocenters. The van der Waals surface area contributed by atoms with Crippen LogP contribution in [0.2, 0.25) is 0 Å². The summed E-state index contributed by atoms with van der Waals surface area (Å²) in [7, 11) is 0. The highest BCUT2D eigenvalue weighted by Gasteiger charge is 2.31. The third kappa shape index (κ3) is 6.42. The molecule has 0 saturated carbocycles. The largest absolute Gasteiger partial charge is 0.392 e. The number of rotatable bonds is 5. The standard InChI is InChI=1S/C18H29N3O2.2ClH/c1-13-11-21(10-9-20(13)12-14(2)22)18(23)15(3)17(19)16-7-5-4-6-8-16;;/h4-8,13-15,17,22H,9-12,19H2,1-3H3;2*1H. The van der Waals surface area contributed by atoms with Crippen molar-refractivity contribution >= 4 is 30.7 Å². The average Bonchev–Trinajstić information content (AvgIpc) is 2.55. The summed E-state index contributed by atoms with van der Waals surface area (Å²) < 4.78 is 0. The molecule has 0 spiro atoms. The highest BCUT2D eigenvalue weighted by atomic mass is 35.5. The minimum Gasteiger partial charge on any atom is -0.392 e. The lowest BCUT2D eigenvalue weighted by Crippen LogP contribution is -2.56. The third-order valence-corrected chi connectivity index (χ3v) is 4.69. The monoisotopic (exact) mass is 391 g/mol. The molecule has 7 heteroatoms. The Morgan fingerprint density at radius 1 is 1.24 bits per heavy atom. The molecule has 1 amide bonds. The van der Waals surface area contributed by atoms with E-state index in [1.807, 2.05) is 42.2 Å². The Bertz CT molecular complexity index is 516. The van der Waals surface area contributed by atoms with E-state index in [0.717, 1.165) is 12.1 Å². The van der Waals surface area contributed by atoms with E-state index in [4.69, 9.17) is 5.73 Å². The fourth-order valence-corrected chi connectivity index (χ4v) is 3.21. The Labute approximate surface area is 163 Å². The highest BCUT2D eigenvalue weighted by Crippen LogP contribution is 2.22. The number of benzene rings is 1. The summed E-state index contributed by atoms with van der Waals surface area (Å²) in [4.78, 5) is 16.9. The van der Waals surface area contributed by atoms with Gasteiger partial charge in [-0.2, -0.15) is 0 Å². The molecule has 0 aromatic heterocycles. The summed E-state index contributed by atoms with van der Waals surface area (Å²) in [5, 5.41) is 9.55. The fourth-order valence-electron chi connectivity index (χ4n) is 3.21. The highest BCUT2D eigenvalue weighted by molar-refractivity contribution is 5.85. The van der Waals surface area contributed by atoms with Crippen LogP contribution < -0.4 is 5.73 Å². The SMILES string of the molecule is CC(O)CN1CCN(C(=O)C(C)C(N)c2ccccc2)CC1C.Cl.Cl. The van der Waals surface area contributed by atoms with Gasteiger partial charge in [-0.05, 0) is 19.4 Å². The van der Waals surface area contributed by atoms with E-state index >= 15 is 0 Å². The van der Waals surface area contributed by atoms with Crippen LogP contribution in [0, 0.1) is 5.92 Å². The molecular formula is C18H31Cl2N3O2. The van der Waals surface area contributed by atoms with Crippen LogP contribution in [0.3, 0.4) is 0 Å². The van der Waals surface area contributed by atoms with Crippen LogP contribution >= 0.6 is 24.8 Å². The Balaban J connectivity index is 0.00000288. The number of nitrogens with two attached hydrogens (primary N) is 1. The first-order valence-electron chi connectivity index (χ1n) is 8.41. The molecule has 0 bridgehead atoms. The van der Waals surface area contributed by atoms with Gasteiger partial charge in [0.25, 0.3) is 0 Å². The van der Waals surface area contributed by atoms with E-state index in [0.29, 0.717) is 19.6 Å². The summed E-state index contributed by atoms with van der Waals surface area (Å²) in [6.45, 7) is 8.65. The lowest BCUT2D eigenvalue weighted by atomic mass is 9.93. The third-order valence-electron chi connectivity index (χ3n) is 4.69. The fraction of sp³-hybridized carbons (Fsp3) is 0.611. The number of halogens is 2. The number of hydrogen-bond acceptors (Lipinski definition) is 4. The molecule has 4 atom stereocenters. The lowest BCUT2D eigenvalue weighted by Gasteiger charge is -2.41. The lowest BCUT2D eigenvalue weighted by molar-refractivity contribution is -0.138. The molecule has 1 heterocycles. The van der Waals surface area contributed by atoms with Crippen LogP contribution in [0.5, 0.6) is 0 Å². The second kappa shape index (κ2) is 11.0. The molecular weight excluding hydrogens is 361 g/mol. The zero-order chi connectivity index (χ0) is 17.0. The number of aliphatic hydroxyl groups is 1. The molecule has 25 heavy (non-hydrogen) atoms. The van der Waals surface area contributed by atoms with Gasteiger partial charge in [0, 0.05) is 38.3 Å². The van der Waals surface area contributed by atoms with Gasteiger partial charge in [-0.15, -0.1) is 24.8 Å². The molecule has 2 rings (SSSR count). The van der Waals surface area contributed by atoms with Crippen LogP contribution in [0.15, 0.2) is 30.3 Å². The zero-order valence-electron chi connectivity index (χ0n) is 15.2. The van der Waals surface area contributed by atoms with E-state index in [1.54, 1.807) is 6.92 Å². The summed E-state index contributed by atoms with van der Waals surface area (Å²) in [5.74, 6) is -0.127. The first kappa shape index (κ1) is 24.1. The molecule has 0 radical (unpaired) electrons. The van der Waals surface area contributed by atoms with Gasteiger partial charge < -0.3 is 15.7 Å². The summed E-state index contributed by atoms with van der Waals surface area (Å²) in [5.41, 5.74) is 7.28. The van der Waals surface area contributed by atoms with Gasteiger partial charge in [0.1, 0.15) is 0 Å². The molecule has 1 aromatic carbocycles. The Kier molecular flexibility index (Phi) is 10.6. The average molecular weight is 392 g/mol. The molecule has 1 aliphatic rings. The smallest absolute Gasteiger partial charge is 0.227 e. The van der Waals surface area contributed by atoms with Crippen molar-refractivity contribution in [1.82, 2.24) is 9.80 Å². The topological polar surface area (TPSA) is 69.8 Å². The minimum absolute atomic E-state index is 0. The summed E-state index contributed by atoms with van der Waals surface area (Å²) in [6, 6.07) is 9.75. The predicted molar refractivity (Wildman–Crippen MR) is 106 cm³/mol. The van der Waals surface area contributed by atoms with Crippen LogP contribution in [0.4, 0.5) is 0 Å². The number of amides is 1. The van der Waals surface area contributed by atoms with Crippen molar-refractivity contribution in [1.29, 1.82) is 0 Å². The number of carbonyl (C=O) groups excluding carboxylic acids is 1. The van der Waals surface area contributed by atoms with E-state index < -0.39 is 0 Å². The van der Waals surface area contributed by atoms with Gasteiger partial charge in [0.2, 0.25) is 5.91 Å². The quantitative estimate of drug-likeness (QED) is 0.805. The van der Waals surface area contributed by atoms with Gasteiger partial charge in [0.15, 0.2) is 0 Å². The number of β-amino-alcohol motifs (C(OH)–C–C–N with tert-alkyl or cyclic N) is 1. The van der Waals surface area contributed by atoms with Crippen molar-refractivity contribution in [2.45, 2.75) is 39.0 Å². The number of nitrogens with zero attached hydrogens (tertiary/aromatic N) is 2. The van der Waals surface area contributed by atoms with Crippen LogP contribution in [-0.4, -0.2) is 59.1 Å². The first-order valence-corrected chi connectivity index (χ1v) is 8.41. The summed E-state index contributed by atoms with van der Waals surface area (Å²) >= 11 is 0. The maximum Gasteiger partial charge on any atom is 0.227 e. The summed E-state index contributed by atoms with van der Waals surface area (Å²) in [6.07, 6.45) is -0.342. The van der Waals surface area contributed by atoms with Crippen molar-refractivity contribution in [3.05, 3.63) is 35.9 Å². The maximum atomic E-state index is 12.8. The molecule has 1 aromatic rings. The number of piperazine rings is 1. The van der Waals surface area contributed by atoms with E-state index in [2.05, 4.69) is 11.8 Å². The second-order valence-electron chi connectivity index (χ2n) is 6.70. The Hall–Kier alpha value is -0.850. The molecule has 144 valence electrons. The Morgan fingerprint density at radius 2 is 1.84 bits per heavy atom. The van der Waals surface area contributed by atoms with Gasteiger partial charge in [-0.25, -0.2) is 0 Å². The number of aliphatic hydroxyl groups excluding tert-OH is 1. The van der Waals surface area contributed by atoms with Crippen LogP contribution in [0.1, 0.15) is 32.4 Å². The van der Waals surface area contributed by atoms with Gasteiger partial charge in [-0.3, -0.25) is 9.69 Å². The number of carbonyl (C=O) groups is 1. The Morgan fingerprint density at radius 3 is 2.36 bits per heavy atom. The second-order valence-corrected chi connectivity index (χ2v) is 6.70. The van der Waals surface area contributed by atoms with Crippen molar-refractivity contribution in [2.24, 2.45) is 11.7 Å². The van der Waals surface area contributed by atoms with E-state index in [9.17, 15) is 9.90 Å². The van der Waals surface area contributed by atoms with Crippen LogP contribution in [0.25, 0.3) is 0 Å². The zero-order valence-corrected chi connectivity index (χ0v) is 16.8. The van der Waals surface area contributed by atoms with Crippen LogP contribution in [-0.2, 0) is 4.79 Å². The van der Waals surface area contributed by atoms with Crippen molar-refractivity contribution in [3.8, 4) is 0 Å². The van der Waals surface area contributed by atoms with Gasteiger partial charge in [0.05, 0.1) is 12.0 Å². The van der Waals surface area contributed by atoms with Crippen molar-refractivity contribution in [2.75, 3.05) is 26.2 Å². The molecule has 1 saturated heterocycles. The predicted octanol–water partition coefficient (Wildman–Crippen LogP) is 2.08. The van der Waals surface area contributed by atoms with Crippen molar-refractivity contribution in [3.63, 3.8) is 0 Å². The molecule has 3 N–H and O–H groups in total.